The predicted octanol–water partition coefficient (Wildman–Crippen LogP) is 6.25. The highest BCUT2D eigenvalue weighted by atomic mass is 35.5. The Balaban J connectivity index is 1.23. The smallest absolute Gasteiger partial charge is 0.272 e. The largest absolute Gasteiger partial charge is 0.486 e. The van der Waals surface area contributed by atoms with Crippen LogP contribution in [0.1, 0.15) is 15.9 Å². The van der Waals surface area contributed by atoms with Crippen LogP contribution in [0.3, 0.4) is 0 Å². The van der Waals surface area contributed by atoms with E-state index in [1.165, 1.54) is 11.8 Å². The highest BCUT2D eigenvalue weighted by Gasteiger charge is 2.16. The van der Waals surface area contributed by atoms with Gasteiger partial charge in [0.05, 0.1) is 5.75 Å². The van der Waals surface area contributed by atoms with Crippen LogP contribution in [0.4, 0.5) is 11.4 Å². The molecule has 8 nitrogen and oxygen atoms in total. The molecule has 0 radical (unpaired) electrons. The minimum atomic E-state index is -0.507. The summed E-state index contributed by atoms with van der Waals surface area (Å²) in [6, 6.07) is 27.9. The summed E-state index contributed by atoms with van der Waals surface area (Å²) in [6.45, 7) is 0.960. The quantitative estimate of drug-likeness (QED) is 0.155. The van der Waals surface area contributed by atoms with Crippen LogP contribution >= 0.6 is 23.4 Å². The van der Waals surface area contributed by atoms with Gasteiger partial charge in [-0.3, -0.25) is 14.4 Å². The molecule has 4 aromatic carbocycles. The fourth-order valence-electron chi connectivity index (χ4n) is 4.00. The average Bonchev–Trinajstić information content (AvgIpc) is 3.01. The van der Waals surface area contributed by atoms with E-state index in [1.54, 1.807) is 97.1 Å². The molecule has 0 saturated carbocycles. The van der Waals surface area contributed by atoms with Gasteiger partial charge in [0.2, 0.25) is 5.91 Å². The van der Waals surface area contributed by atoms with Crippen LogP contribution in [-0.2, 0) is 9.59 Å². The number of halogens is 1. The Morgan fingerprint density at radius 2 is 1.52 bits per heavy atom. The number of hydrogen-bond acceptors (Lipinski definition) is 6. The van der Waals surface area contributed by atoms with Crippen LogP contribution in [0.2, 0.25) is 5.02 Å². The van der Waals surface area contributed by atoms with Gasteiger partial charge >= 0.3 is 0 Å². The zero-order chi connectivity index (χ0) is 29.3. The first-order valence-corrected chi connectivity index (χ1v) is 14.4. The number of hydrogen-bond donors (Lipinski definition) is 3. The van der Waals surface area contributed by atoms with E-state index in [-0.39, 0.29) is 17.4 Å². The van der Waals surface area contributed by atoms with Gasteiger partial charge < -0.3 is 25.4 Å². The first kappa shape index (κ1) is 28.8. The molecule has 1 heterocycles. The fourth-order valence-corrected chi connectivity index (χ4v) is 4.88. The number of ether oxygens (including phenoxy) is 2. The van der Waals surface area contributed by atoms with Crippen molar-refractivity contribution in [1.82, 2.24) is 5.32 Å². The number of carbonyl (C=O) groups is 3. The molecule has 42 heavy (non-hydrogen) atoms. The van der Waals surface area contributed by atoms with Gasteiger partial charge in [-0.25, -0.2) is 0 Å². The highest BCUT2D eigenvalue weighted by Crippen LogP contribution is 2.32. The SMILES string of the molecule is O=C(CSc1cccc(NC(=O)/C(=C/c2ccc(Cl)cc2)NC(=O)c2ccccc2)c1)Nc1ccc2c(c1)OCCO2. The summed E-state index contributed by atoms with van der Waals surface area (Å²) < 4.78 is 11.1. The summed E-state index contributed by atoms with van der Waals surface area (Å²) in [4.78, 5) is 39.5. The lowest BCUT2D eigenvalue weighted by atomic mass is 10.1. The van der Waals surface area contributed by atoms with Crippen LogP contribution in [0, 0.1) is 0 Å². The molecule has 1 aliphatic rings. The minimum absolute atomic E-state index is 0.0584. The van der Waals surface area contributed by atoms with Gasteiger partial charge in [-0.15, -0.1) is 11.8 Å². The average molecular weight is 600 g/mol. The standard InChI is InChI=1S/C32H26ClN3O5S/c33-23-11-9-21(10-12-23)17-27(36-31(38)22-5-2-1-3-6-22)32(39)35-24-7-4-8-26(18-24)42-20-30(37)34-25-13-14-28-29(19-25)41-16-15-40-28/h1-14,17-19H,15-16,20H2,(H,34,37)(H,35,39)(H,36,38)/b27-17-. The molecule has 1 aliphatic heterocycles. The molecule has 212 valence electrons. The van der Waals surface area contributed by atoms with Gasteiger partial charge in [-0.1, -0.05) is 48.0 Å². The molecule has 0 fully saturated rings. The van der Waals surface area contributed by atoms with Crippen molar-refractivity contribution in [1.29, 1.82) is 0 Å². The second-order valence-corrected chi connectivity index (χ2v) is 10.6. The maximum atomic E-state index is 13.3. The summed E-state index contributed by atoms with van der Waals surface area (Å²) in [5.41, 5.74) is 2.28. The Bertz CT molecular complexity index is 1630. The van der Waals surface area contributed by atoms with Crippen molar-refractivity contribution in [3.05, 3.63) is 119 Å². The van der Waals surface area contributed by atoms with Gasteiger partial charge in [0.25, 0.3) is 11.8 Å². The third kappa shape index (κ3) is 7.93. The van der Waals surface area contributed by atoms with Crippen LogP contribution in [0.5, 0.6) is 11.5 Å². The Morgan fingerprint density at radius 1 is 0.786 bits per heavy atom. The van der Waals surface area contributed by atoms with Crippen molar-refractivity contribution in [2.75, 3.05) is 29.6 Å². The van der Waals surface area contributed by atoms with Gasteiger partial charge in [0.15, 0.2) is 11.5 Å². The van der Waals surface area contributed by atoms with Crippen molar-refractivity contribution < 1.29 is 23.9 Å². The molecule has 4 aromatic rings. The van der Waals surface area contributed by atoms with E-state index < -0.39 is 11.8 Å². The van der Waals surface area contributed by atoms with E-state index in [0.717, 1.165) is 4.90 Å². The summed E-state index contributed by atoms with van der Waals surface area (Å²) in [5, 5.41) is 8.97. The molecule has 0 atom stereocenters. The number of nitrogens with one attached hydrogen (secondary N) is 3. The summed E-state index contributed by atoms with van der Waals surface area (Å²) >= 11 is 7.32. The molecule has 3 N–H and O–H groups in total. The van der Waals surface area contributed by atoms with E-state index in [9.17, 15) is 14.4 Å². The first-order valence-electron chi connectivity index (χ1n) is 13.0. The third-order valence-corrected chi connectivity index (χ3v) is 7.24. The summed E-state index contributed by atoms with van der Waals surface area (Å²) in [7, 11) is 0. The van der Waals surface area contributed by atoms with Crippen molar-refractivity contribution in [3.8, 4) is 11.5 Å². The number of fused-ring (bicyclic) bond motifs is 1. The maximum Gasteiger partial charge on any atom is 0.272 e. The van der Waals surface area contributed by atoms with Crippen LogP contribution < -0.4 is 25.4 Å². The molecule has 5 rings (SSSR count). The Hall–Kier alpha value is -4.73. The molecule has 0 saturated heterocycles. The lowest BCUT2D eigenvalue weighted by Gasteiger charge is -2.19. The van der Waals surface area contributed by atoms with Gasteiger partial charge in [0.1, 0.15) is 18.9 Å². The molecule has 0 spiro atoms. The highest BCUT2D eigenvalue weighted by molar-refractivity contribution is 8.00. The molecule has 0 aromatic heterocycles. The van der Waals surface area contributed by atoms with Gasteiger partial charge in [-0.2, -0.15) is 0 Å². The van der Waals surface area contributed by atoms with Crippen LogP contribution in [0.15, 0.2) is 108 Å². The monoisotopic (exact) mass is 599 g/mol. The number of anilines is 2. The second-order valence-electron chi connectivity index (χ2n) is 9.11. The normalized spacial score (nSPS) is 12.3. The predicted molar refractivity (Wildman–Crippen MR) is 165 cm³/mol. The van der Waals surface area contributed by atoms with Gasteiger partial charge in [-0.05, 0) is 66.2 Å². The molecule has 0 aliphatic carbocycles. The van der Waals surface area contributed by atoms with Crippen LogP contribution in [-0.4, -0.2) is 36.7 Å². The molecule has 10 heteroatoms. The molecular weight excluding hydrogens is 574 g/mol. The zero-order valence-corrected chi connectivity index (χ0v) is 23.8. The third-order valence-electron chi connectivity index (χ3n) is 6.00. The minimum Gasteiger partial charge on any atom is -0.486 e. The molecular formula is C32H26ClN3O5S. The lowest BCUT2D eigenvalue weighted by molar-refractivity contribution is -0.114. The second kappa shape index (κ2) is 13.8. The number of amides is 3. The van der Waals surface area contributed by atoms with E-state index >= 15 is 0 Å². The van der Waals surface area contributed by atoms with E-state index in [2.05, 4.69) is 16.0 Å². The number of carbonyl (C=O) groups excluding carboxylic acids is 3. The molecule has 0 unspecified atom stereocenters. The summed E-state index contributed by atoms with van der Waals surface area (Å²) in [5.74, 6) is 0.286. The van der Waals surface area contributed by atoms with E-state index in [1.807, 2.05) is 6.07 Å². The Labute approximate surface area is 252 Å². The van der Waals surface area contributed by atoms with Crippen molar-refractivity contribution >= 4 is 58.5 Å². The molecule has 3 amide bonds. The van der Waals surface area contributed by atoms with Crippen molar-refractivity contribution in [2.24, 2.45) is 0 Å². The number of thioether (sulfide) groups is 1. The van der Waals surface area contributed by atoms with Crippen molar-refractivity contribution in [3.63, 3.8) is 0 Å². The Morgan fingerprint density at radius 3 is 2.31 bits per heavy atom. The zero-order valence-electron chi connectivity index (χ0n) is 22.3. The number of benzene rings is 4. The van der Waals surface area contributed by atoms with Crippen molar-refractivity contribution in [2.45, 2.75) is 4.90 Å². The lowest BCUT2D eigenvalue weighted by Crippen LogP contribution is -2.30. The van der Waals surface area contributed by atoms with Crippen LogP contribution in [0.25, 0.3) is 6.08 Å². The Kier molecular flexibility index (Phi) is 9.43. The maximum absolute atomic E-state index is 13.3. The number of rotatable bonds is 9. The van der Waals surface area contributed by atoms with E-state index in [4.69, 9.17) is 21.1 Å². The first-order chi connectivity index (χ1) is 20.4. The molecule has 0 bridgehead atoms. The topological polar surface area (TPSA) is 106 Å². The van der Waals surface area contributed by atoms with E-state index in [0.29, 0.717) is 52.2 Å². The van der Waals surface area contributed by atoms with Gasteiger partial charge in [0, 0.05) is 32.9 Å². The fraction of sp³-hybridized carbons (Fsp3) is 0.0938. The summed E-state index contributed by atoms with van der Waals surface area (Å²) in [6.07, 6.45) is 1.58.